The first kappa shape index (κ1) is 18.4. The SMILES string of the molecule is C[C@H](Oc1ccc(-c2cnc3ccccc3n2)cc1)C(=O)NC1CCCCC1. The van der Waals surface area contributed by atoms with Crippen LogP contribution in [-0.4, -0.2) is 28.0 Å². The lowest BCUT2D eigenvalue weighted by Crippen LogP contribution is -2.43. The Balaban J connectivity index is 1.40. The fourth-order valence-corrected chi connectivity index (χ4v) is 3.62. The Kier molecular flexibility index (Phi) is 5.51. The van der Waals surface area contributed by atoms with Crippen molar-refractivity contribution in [1.29, 1.82) is 0 Å². The van der Waals surface area contributed by atoms with Gasteiger partial charge in [0.25, 0.3) is 5.91 Å². The average Bonchev–Trinajstić information content (AvgIpc) is 2.74. The van der Waals surface area contributed by atoms with Crippen molar-refractivity contribution >= 4 is 16.9 Å². The second-order valence-electron chi connectivity index (χ2n) is 7.37. The first-order chi connectivity index (χ1) is 13.7. The van der Waals surface area contributed by atoms with Crippen molar-refractivity contribution in [2.75, 3.05) is 0 Å². The van der Waals surface area contributed by atoms with Gasteiger partial charge in [-0.05, 0) is 56.2 Å². The van der Waals surface area contributed by atoms with Crippen LogP contribution in [0.15, 0.2) is 54.7 Å². The highest BCUT2D eigenvalue weighted by atomic mass is 16.5. The normalized spacial score (nSPS) is 15.9. The third-order valence-electron chi connectivity index (χ3n) is 5.23. The summed E-state index contributed by atoms with van der Waals surface area (Å²) in [5.41, 5.74) is 3.52. The van der Waals surface area contributed by atoms with Gasteiger partial charge in [-0.2, -0.15) is 0 Å². The predicted octanol–water partition coefficient (Wildman–Crippen LogP) is 4.51. The third kappa shape index (κ3) is 4.30. The molecule has 1 aliphatic carbocycles. The molecule has 28 heavy (non-hydrogen) atoms. The second-order valence-corrected chi connectivity index (χ2v) is 7.37. The summed E-state index contributed by atoms with van der Waals surface area (Å²) in [6.07, 6.45) is 7.05. The number of amides is 1. The van der Waals surface area contributed by atoms with Crippen molar-refractivity contribution in [2.24, 2.45) is 0 Å². The summed E-state index contributed by atoms with van der Waals surface area (Å²) in [4.78, 5) is 21.5. The van der Waals surface area contributed by atoms with Crippen molar-refractivity contribution in [1.82, 2.24) is 15.3 Å². The molecular formula is C23H25N3O2. The van der Waals surface area contributed by atoms with Gasteiger partial charge in [-0.15, -0.1) is 0 Å². The van der Waals surface area contributed by atoms with E-state index >= 15 is 0 Å². The van der Waals surface area contributed by atoms with E-state index in [1.165, 1.54) is 19.3 Å². The molecule has 0 unspecified atom stereocenters. The lowest BCUT2D eigenvalue weighted by Gasteiger charge is -2.24. The molecule has 1 saturated carbocycles. The van der Waals surface area contributed by atoms with Gasteiger partial charge in [0.15, 0.2) is 6.10 Å². The Hall–Kier alpha value is -2.95. The molecule has 144 valence electrons. The van der Waals surface area contributed by atoms with E-state index in [1.807, 2.05) is 48.5 Å². The van der Waals surface area contributed by atoms with Crippen molar-refractivity contribution in [3.8, 4) is 17.0 Å². The van der Waals surface area contributed by atoms with Crippen LogP contribution in [0.5, 0.6) is 5.75 Å². The van der Waals surface area contributed by atoms with Crippen molar-refractivity contribution in [3.05, 3.63) is 54.7 Å². The molecule has 0 spiro atoms. The Morgan fingerprint density at radius 3 is 2.50 bits per heavy atom. The van der Waals surface area contributed by atoms with Crippen LogP contribution in [0.1, 0.15) is 39.0 Å². The molecule has 4 rings (SSSR count). The highest BCUT2D eigenvalue weighted by Gasteiger charge is 2.20. The molecule has 3 aromatic rings. The molecule has 5 heteroatoms. The van der Waals surface area contributed by atoms with Crippen molar-refractivity contribution < 1.29 is 9.53 Å². The van der Waals surface area contributed by atoms with Crippen LogP contribution in [-0.2, 0) is 4.79 Å². The predicted molar refractivity (Wildman–Crippen MR) is 110 cm³/mol. The van der Waals surface area contributed by atoms with Gasteiger partial charge < -0.3 is 10.1 Å². The van der Waals surface area contributed by atoms with Crippen LogP contribution in [0.3, 0.4) is 0 Å². The summed E-state index contributed by atoms with van der Waals surface area (Å²) < 4.78 is 5.83. The van der Waals surface area contributed by atoms with E-state index in [9.17, 15) is 4.79 Å². The quantitative estimate of drug-likeness (QED) is 0.712. The highest BCUT2D eigenvalue weighted by Crippen LogP contribution is 2.23. The molecule has 1 aliphatic rings. The van der Waals surface area contributed by atoms with E-state index in [4.69, 9.17) is 4.74 Å². The van der Waals surface area contributed by atoms with E-state index in [0.717, 1.165) is 35.1 Å². The van der Waals surface area contributed by atoms with Gasteiger partial charge in [0, 0.05) is 11.6 Å². The second kappa shape index (κ2) is 8.38. The van der Waals surface area contributed by atoms with Gasteiger partial charge in [-0.25, -0.2) is 4.98 Å². The van der Waals surface area contributed by atoms with Crippen LogP contribution in [0, 0.1) is 0 Å². The Labute approximate surface area is 165 Å². The number of ether oxygens (including phenoxy) is 1. The molecule has 2 aromatic carbocycles. The first-order valence-electron chi connectivity index (χ1n) is 9.98. The van der Waals surface area contributed by atoms with Gasteiger partial charge in [-0.3, -0.25) is 9.78 Å². The number of benzene rings is 2. The molecule has 0 saturated heterocycles. The maximum Gasteiger partial charge on any atom is 0.260 e. The summed E-state index contributed by atoms with van der Waals surface area (Å²) in [6.45, 7) is 1.79. The number of aromatic nitrogens is 2. The van der Waals surface area contributed by atoms with Crippen LogP contribution in [0.25, 0.3) is 22.3 Å². The fraction of sp³-hybridized carbons (Fsp3) is 0.348. The minimum absolute atomic E-state index is 0.0450. The topological polar surface area (TPSA) is 64.1 Å². The highest BCUT2D eigenvalue weighted by molar-refractivity contribution is 5.81. The summed E-state index contributed by atoms with van der Waals surface area (Å²) in [7, 11) is 0. The average molecular weight is 375 g/mol. The van der Waals surface area contributed by atoms with E-state index in [-0.39, 0.29) is 5.91 Å². The number of rotatable bonds is 5. The zero-order valence-corrected chi connectivity index (χ0v) is 16.1. The lowest BCUT2D eigenvalue weighted by atomic mass is 9.95. The number of carbonyl (C=O) groups is 1. The molecule has 1 N–H and O–H groups in total. The molecule has 0 radical (unpaired) electrons. The van der Waals surface area contributed by atoms with Gasteiger partial charge in [0.1, 0.15) is 5.75 Å². The smallest absolute Gasteiger partial charge is 0.260 e. The van der Waals surface area contributed by atoms with Crippen LogP contribution >= 0.6 is 0 Å². The van der Waals surface area contributed by atoms with E-state index in [1.54, 1.807) is 13.1 Å². The largest absolute Gasteiger partial charge is 0.481 e. The van der Waals surface area contributed by atoms with Gasteiger partial charge >= 0.3 is 0 Å². The molecule has 5 nitrogen and oxygen atoms in total. The zero-order valence-electron chi connectivity index (χ0n) is 16.1. The minimum Gasteiger partial charge on any atom is -0.481 e. The monoisotopic (exact) mass is 375 g/mol. The van der Waals surface area contributed by atoms with Crippen LogP contribution in [0.4, 0.5) is 0 Å². The van der Waals surface area contributed by atoms with E-state index in [2.05, 4.69) is 15.3 Å². The van der Waals surface area contributed by atoms with Crippen LogP contribution < -0.4 is 10.1 Å². The molecule has 0 aliphatic heterocycles. The number of para-hydroxylation sites is 2. The van der Waals surface area contributed by atoms with Crippen LogP contribution in [0.2, 0.25) is 0 Å². The first-order valence-corrected chi connectivity index (χ1v) is 9.98. The summed E-state index contributed by atoms with van der Waals surface area (Å²) in [5.74, 6) is 0.625. The number of fused-ring (bicyclic) bond motifs is 1. The molecular weight excluding hydrogens is 350 g/mol. The standard InChI is InChI=1S/C23H25N3O2/c1-16(23(27)25-18-7-3-2-4-8-18)28-19-13-11-17(12-14-19)22-15-24-20-9-5-6-10-21(20)26-22/h5-6,9-16,18H,2-4,7-8H2,1H3,(H,25,27)/t16-/m0/s1. The Morgan fingerprint density at radius 1 is 1.04 bits per heavy atom. The number of hydrogen-bond acceptors (Lipinski definition) is 4. The van der Waals surface area contributed by atoms with Crippen molar-refractivity contribution in [3.63, 3.8) is 0 Å². The summed E-state index contributed by atoms with van der Waals surface area (Å²) >= 11 is 0. The number of carbonyl (C=O) groups excluding carboxylic acids is 1. The Morgan fingerprint density at radius 2 is 1.75 bits per heavy atom. The van der Waals surface area contributed by atoms with Gasteiger partial charge in [0.05, 0.1) is 22.9 Å². The third-order valence-corrected chi connectivity index (χ3v) is 5.23. The molecule has 1 atom stereocenters. The molecule has 1 heterocycles. The molecule has 1 amide bonds. The maximum atomic E-state index is 12.4. The van der Waals surface area contributed by atoms with Gasteiger partial charge in [-0.1, -0.05) is 31.4 Å². The molecule has 0 bridgehead atoms. The zero-order chi connectivity index (χ0) is 19.3. The van der Waals surface area contributed by atoms with E-state index in [0.29, 0.717) is 11.8 Å². The number of nitrogens with zero attached hydrogens (tertiary/aromatic N) is 2. The Bertz CT molecular complexity index is 949. The molecule has 1 fully saturated rings. The number of nitrogens with one attached hydrogen (secondary N) is 1. The fourth-order valence-electron chi connectivity index (χ4n) is 3.62. The number of hydrogen-bond donors (Lipinski definition) is 1. The maximum absolute atomic E-state index is 12.4. The minimum atomic E-state index is -0.520. The summed E-state index contributed by atoms with van der Waals surface area (Å²) in [5, 5.41) is 3.11. The molecule has 1 aromatic heterocycles. The van der Waals surface area contributed by atoms with Crippen molar-refractivity contribution in [2.45, 2.75) is 51.2 Å². The summed E-state index contributed by atoms with van der Waals surface area (Å²) in [6, 6.07) is 15.7. The van der Waals surface area contributed by atoms with E-state index < -0.39 is 6.10 Å². The lowest BCUT2D eigenvalue weighted by molar-refractivity contribution is -0.128. The van der Waals surface area contributed by atoms with Gasteiger partial charge in [0.2, 0.25) is 0 Å².